The number of hydrogen-bond donors (Lipinski definition) is 1. The van der Waals surface area contributed by atoms with Gasteiger partial charge < -0.3 is 5.11 Å². The van der Waals surface area contributed by atoms with Crippen LogP contribution in [0.4, 0.5) is 0 Å². The van der Waals surface area contributed by atoms with E-state index in [4.69, 9.17) is 0 Å². The Balaban J connectivity index is 2.48. The summed E-state index contributed by atoms with van der Waals surface area (Å²) in [4.78, 5) is 11.9. The van der Waals surface area contributed by atoms with Crippen LogP contribution in [0.3, 0.4) is 0 Å². The molecule has 0 heterocycles. The highest BCUT2D eigenvalue weighted by Gasteiger charge is 2.11. The van der Waals surface area contributed by atoms with E-state index in [-0.39, 0.29) is 12.2 Å². The number of aliphatic hydroxyl groups is 1. The number of rotatable bonds is 3. The molecule has 16 heavy (non-hydrogen) atoms. The standard InChI is InChI=1S/C14H14O2/c1-10(15)9-14(16)13-8-4-6-11-5-2-3-7-12(11)13/h2-8,10,15H,9H2,1H3/t10-/m0/s1. The molecule has 0 spiro atoms. The Labute approximate surface area is 94.5 Å². The molecule has 2 aromatic carbocycles. The van der Waals surface area contributed by atoms with Crippen LogP contribution >= 0.6 is 0 Å². The molecule has 0 aliphatic carbocycles. The molecule has 0 bridgehead atoms. The Bertz CT molecular complexity index is 510. The Morgan fingerprint density at radius 3 is 2.62 bits per heavy atom. The summed E-state index contributed by atoms with van der Waals surface area (Å²) in [6.07, 6.45) is -0.417. The second-order valence-corrected chi connectivity index (χ2v) is 4.00. The van der Waals surface area contributed by atoms with Gasteiger partial charge in [0, 0.05) is 12.0 Å². The maximum atomic E-state index is 11.9. The minimum absolute atomic E-state index is 0.00759. The van der Waals surface area contributed by atoms with Gasteiger partial charge in [-0.1, -0.05) is 42.5 Å². The summed E-state index contributed by atoms with van der Waals surface area (Å²) >= 11 is 0. The molecule has 2 nitrogen and oxygen atoms in total. The van der Waals surface area contributed by atoms with Crippen LogP contribution in [0.2, 0.25) is 0 Å². The van der Waals surface area contributed by atoms with Crippen molar-refractivity contribution in [3.63, 3.8) is 0 Å². The van der Waals surface area contributed by atoms with Crippen LogP contribution in [0.5, 0.6) is 0 Å². The summed E-state index contributed by atoms with van der Waals surface area (Å²) in [5.74, 6) is -0.00759. The summed E-state index contributed by atoms with van der Waals surface area (Å²) < 4.78 is 0. The molecule has 0 radical (unpaired) electrons. The van der Waals surface area contributed by atoms with Gasteiger partial charge in [-0.2, -0.15) is 0 Å². The Hall–Kier alpha value is -1.67. The number of hydrogen-bond acceptors (Lipinski definition) is 2. The molecule has 1 N–H and O–H groups in total. The smallest absolute Gasteiger partial charge is 0.166 e. The zero-order chi connectivity index (χ0) is 11.5. The fraction of sp³-hybridized carbons (Fsp3) is 0.214. The van der Waals surface area contributed by atoms with E-state index < -0.39 is 6.10 Å². The lowest BCUT2D eigenvalue weighted by molar-refractivity contribution is 0.0903. The summed E-state index contributed by atoms with van der Waals surface area (Å²) in [7, 11) is 0. The lowest BCUT2D eigenvalue weighted by atomic mass is 9.99. The Kier molecular flexibility index (Phi) is 3.02. The molecule has 2 rings (SSSR count). The van der Waals surface area contributed by atoms with E-state index >= 15 is 0 Å². The van der Waals surface area contributed by atoms with Gasteiger partial charge >= 0.3 is 0 Å². The van der Waals surface area contributed by atoms with Crippen molar-refractivity contribution in [2.75, 3.05) is 0 Å². The molecule has 0 aromatic heterocycles. The normalized spacial score (nSPS) is 12.6. The van der Waals surface area contributed by atoms with Crippen LogP contribution in [-0.2, 0) is 0 Å². The second-order valence-electron chi connectivity index (χ2n) is 4.00. The number of benzene rings is 2. The molecule has 0 unspecified atom stereocenters. The van der Waals surface area contributed by atoms with E-state index in [0.717, 1.165) is 10.8 Å². The van der Waals surface area contributed by atoms with Crippen molar-refractivity contribution in [1.29, 1.82) is 0 Å². The van der Waals surface area contributed by atoms with Gasteiger partial charge in [-0.05, 0) is 17.7 Å². The maximum Gasteiger partial charge on any atom is 0.166 e. The SMILES string of the molecule is C[C@H](O)CC(=O)c1cccc2ccccc12. The maximum absolute atomic E-state index is 11.9. The number of carbonyl (C=O) groups is 1. The first-order valence-electron chi connectivity index (χ1n) is 5.37. The van der Waals surface area contributed by atoms with Crippen molar-refractivity contribution in [2.24, 2.45) is 0 Å². The molecule has 82 valence electrons. The van der Waals surface area contributed by atoms with Gasteiger partial charge in [0.15, 0.2) is 5.78 Å². The minimum atomic E-state index is -0.591. The van der Waals surface area contributed by atoms with Gasteiger partial charge in [-0.3, -0.25) is 4.79 Å². The predicted octanol–water partition coefficient (Wildman–Crippen LogP) is 2.79. The Morgan fingerprint density at radius 2 is 1.88 bits per heavy atom. The monoisotopic (exact) mass is 214 g/mol. The summed E-state index contributed by atoms with van der Waals surface area (Å²) in [6, 6.07) is 13.4. The molecule has 2 heteroatoms. The van der Waals surface area contributed by atoms with Crippen LogP contribution < -0.4 is 0 Å². The van der Waals surface area contributed by atoms with Gasteiger partial charge in [-0.25, -0.2) is 0 Å². The molecule has 0 aliphatic rings. The summed E-state index contributed by atoms with van der Waals surface area (Å²) in [5.41, 5.74) is 0.694. The van der Waals surface area contributed by atoms with Crippen molar-refractivity contribution >= 4 is 16.6 Å². The van der Waals surface area contributed by atoms with Crippen molar-refractivity contribution in [1.82, 2.24) is 0 Å². The van der Waals surface area contributed by atoms with Crippen LogP contribution in [0, 0.1) is 0 Å². The number of fused-ring (bicyclic) bond motifs is 1. The summed E-state index contributed by atoms with van der Waals surface area (Å²) in [6.45, 7) is 1.63. The van der Waals surface area contributed by atoms with Crippen molar-refractivity contribution in [3.05, 3.63) is 48.0 Å². The number of ketones is 1. The molecule has 0 fully saturated rings. The number of aliphatic hydroxyl groups excluding tert-OH is 1. The van der Waals surface area contributed by atoms with E-state index in [9.17, 15) is 9.90 Å². The largest absolute Gasteiger partial charge is 0.393 e. The molecule has 0 amide bonds. The average Bonchev–Trinajstić information content (AvgIpc) is 2.27. The first-order valence-corrected chi connectivity index (χ1v) is 5.37. The van der Waals surface area contributed by atoms with Crippen molar-refractivity contribution in [2.45, 2.75) is 19.4 Å². The average molecular weight is 214 g/mol. The number of carbonyl (C=O) groups excluding carboxylic acids is 1. The topological polar surface area (TPSA) is 37.3 Å². The fourth-order valence-electron chi connectivity index (χ4n) is 1.85. The molecule has 1 atom stereocenters. The summed E-state index contributed by atoms with van der Waals surface area (Å²) in [5, 5.41) is 11.2. The minimum Gasteiger partial charge on any atom is -0.393 e. The quantitative estimate of drug-likeness (QED) is 0.798. The van der Waals surface area contributed by atoms with Crippen molar-refractivity contribution < 1.29 is 9.90 Å². The highest BCUT2D eigenvalue weighted by Crippen LogP contribution is 2.20. The van der Waals surface area contributed by atoms with E-state index in [1.807, 2.05) is 42.5 Å². The lowest BCUT2D eigenvalue weighted by Crippen LogP contribution is -2.09. The van der Waals surface area contributed by atoms with Crippen LogP contribution in [0.1, 0.15) is 23.7 Å². The molecule has 0 saturated carbocycles. The second kappa shape index (κ2) is 4.45. The van der Waals surface area contributed by atoms with Gasteiger partial charge in [0.1, 0.15) is 0 Å². The predicted molar refractivity (Wildman–Crippen MR) is 64.6 cm³/mol. The number of Topliss-reactive ketones (excluding diaryl/α,β-unsaturated/α-hetero) is 1. The third-order valence-electron chi connectivity index (χ3n) is 2.57. The first-order chi connectivity index (χ1) is 7.68. The van der Waals surface area contributed by atoms with E-state index in [1.165, 1.54) is 0 Å². The van der Waals surface area contributed by atoms with Gasteiger partial charge in [0.2, 0.25) is 0 Å². The lowest BCUT2D eigenvalue weighted by Gasteiger charge is -2.06. The van der Waals surface area contributed by atoms with Crippen LogP contribution in [-0.4, -0.2) is 17.0 Å². The molecule has 2 aromatic rings. The molecular weight excluding hydrogens is 200 g/mol. The van der Waals surface area contributed by atoms with Gasteiger partial charge in [0.05, 0.1) is 6.10 Å². The first kappa shape index (κ1) is 10.8. The van der Waals surface area contributed by atoms with E-state index in [0.29, 0.717) is 5.56 Å². The molecular formula is C14H14O2. The molecule has 0 aliphatic heterocycles. The van der Waals surface area contributed by atoms with Gasteiger partial charge in [0.25, 0.3) is 0 Å². The van der Waals surface area contributed by atoms with E-state index in [1.54, 1.807) is 6.92 Å². The Morgan fingerprint density at radius 1 is 1.19 bits per heavy atom. The van der Waals surface area contributed by atoms with E-state index in [2.05, 4.69) is 0 Å². The fourth-order valence-corrected chi connectivity index (χ4v) is 1.85. The highest BCUT2D eigenvalue weighted by molar-refractivity contribution is 6.08. The van der Waals surface area contributed by atoms with Crippen LogP contribution in [0.15, 0.2) is 42.5 Å². The third kappa shape index (κ3) is 2.12. The molecule has 0 saturated heterocycles. The highest BCUT2D eigenvalue weighted by atomic mass is 16.3. The zero-order valence-electron chi connectivity index (χ0n) is 9.18. The van der Waals surface area contributed by atoms with Gasteiger partial charge in [-0.15, -0.1) is 0 Å². The zero-order valence-corrected chi connectivity index (χ0v) is 9.18. The third-order valence-corrected chi connectivity index (χ3v) is 2.57. The van der Waals surface area contributed by atoms with Crippen molar-refractivity contribution in [3.8, 4) is 0 Å². The van der Waals surface area contributed by atoms with Crippen LogP contribution in [0.25, 0.3) is 10.8 Å².